The van der Waals surface area contributed by atoms with Crippen molar-refractivity contribution in [3.63, 3.8) is 0 Å². The van der Waals surface area contributed by atoms with Gasteiger partial charge in [0.2, 0.25) is 5.91 Å². The van der Waals surface area contributed by atoms with Crippen LogP contribution in [0.3, 0.4) is 0 Å². The molecule has 0 aliphatic rings. The maximum Gasteiger partial charge on any atom is 0.221 e. The number of nitrogens with one attached hydrogen (secondary N) is 1. The van der Waals surface area contributed by atoms with Crippen LogP contribution in [-0.2, 0) is 4.79 Å². The molecule has 2 nitrogen and oxygen atoms in total. The fourth-order valence-corrected chi connectivity index (χ4v) is 2.58. The third kappa shape index (κ3) is 4.71. The van der Waals surface area contributed by atoms with Crippen molar-refractivity contribution in [2.45, 2.75) is 32.2 Å². The topological polar surface area (TPSA) is 29.1 Å². The zero-order chi connectivity index (χ0) is 15.2. The van der Waals surface area contributed by atoms with E-state index in [9.17, 15) is 4.79 Å². The van der Waals surface area contributed by atoms with Crippen LogP contribution in [0.15, 0.2) is 59.1 Å². The number of hydrogen-bond donors (Lipinski definition) is 1. The summed E-state index contributed by atoms with van der Waals surface area (Å²) >= 11 is 3.42. The largest absolute Gasteiger partial charge is 0.350 e. The van der Waals surface area contributed by atoms with Crippen LogP contribution in [0.25, 0.3) is 0 Å². The van der Waals surface area contributed by atoms with Gasteiger partial charge in [-0.15, -0.1) is 0 Å². The van der Waals surface area contributed by atoms with Crippen molar-refractivity contribution < 1.29 is 4.79 Å². The third-order valence-electron chi connectivity index (χ3n) is 3.61. The van der Waals surface area contributed by atoms with Gasteiger partial charge >= 0.3 is 0 Å². The van der Waals surface area contributed by atoms with E-state index in [1.807, 2.05) is 49.4 Å². The second kappa shape index (κ2) is 7.41. The Balaban J connectivity index is 1.91. The first-order valence-electron chi connectivity index (χ1n) is 7.16. The van der Waals surface area contributed by atoms with Crippen molar-refractivity contribution in [3.8, 4) is 0 Å². The Bertz CT molecular complexity index is 580. The van der Waals surface area contributed by atoms with Crippen LogP contribution in [0.1, 0.15) is 43.4 Å². The number of rotatable bonds is 5. The van der Waals surface area contributed by atoms with Gasteiger partial charge < -0.3 is 5.32 Å². The van der Waals surface area contributed by atoms with Gasteiger partial charge in [-0.2, -0.15) is 0 Å². The summed E-state index contributed by atoms with van der Waals surface area (Å²) in [5.41, 5.74) is 2.31. The Morgan fingerprint density at radius 2 is 1.62 bits per heavy atom. The van der Waals surface area contributed by atoms with Crippen LogP contribution in [0, 0.1) is 0 Å². The summed E-state index contributed by atoms with van der Waals surface area (Å²) in [6, 6.07) is 18.2. The normalized spacial score (nSPS) is 13.5. The smallest absolute Gasteiger partial charge is 0.221 e. The molecule has 0 unspecified atom stereocenters. The van der Waals surface area contributed by atoms with Gasteiger partial charge in [0, 0.05) is 10.9 Å². The van der Waals surface area contributed by atoms with Crippen molar-refractivity contribution in [3.05, 3.63) is 70.2 Å². The van der Waals surface area contributed by atoms with Gasteiger partial charge in [0.05, 0.1) is 6.04 Å². The zero-order valence-corrected chi connectivity index (χ0v) is 13.9. The molecular formula is C18H20BrNO. The van der Waals surface area contributed by atoms with Gasteiger partial charge in [0.25, 0.3) is 0 Å². The third-order valence-corrected chi connectivity index (χ3v) is 4.14. The minimum Gasteiger partial charge on any atom is -0.350 e. The molecule has 2 aromatic carbocycles. The molecule has 2 aromatic rings. The maximum absolute atomic E-state index is 12.2. The second-order valence-electron chi connectivity index (χ2n) is 5.36. The quantitative estimate of drug-likeness (QED) is 0.826. The summed E-state index contributed by atoms with van der Waals surface area (Å²) in [5.74, 6) is 0.310. The van der Waals surface area contributed by atoms with E-state index in [1.165, 1.54) is 5.56 Å². The molecule has 0 fully saturated rings. The highest BCUT2D eigenvalue weighted by Gasteiger charge is 2.14. The minimum atomic E-state index is 0.0218. The van der Waals surface area contributed by atoms with E-state index in [0.717, 1.165) is 10.0 Å². The molecule has 1 amide bonds. The van der Waals surface area contributed by atoms with Crippen molar-refractivity contribution in [2.75, 3.05) is 0 Å². The summed E-state index contributed by atoms with van der Waals surface area (Å²) in [6.07, 6.45) is 0.505. The van der Waals surface area contributed by atoms with Gasteiger partial charge in [-0.25, -0.2) is 0 Å². The van der Waals surface area contributed by atoms with E-state index in [0.29, 0.717) is 6.42 Å². The van der Waals surface area contributed by atoms with Crippen LogP contribution in [-0.4, -0.2) is 5.91 Å². The molecule has 0 spiro atoms. The zero-order valence-electron chi connectivity index (χ0n) is 12.3. The van der Waals surface area contributed by atoms with E-state index in [1.54, 1.807) is 0 Å². The lowest BCUT2D eigenvalue weighted by molar-refractivity contribution is -0.122. The molecule has 0 aliphatic heterocycles. The molecule has 0 bridgehead atoms. The lowest BCUT2D eigenvalue weighted by Gasteiger charge is -2.17. The first kappa shape index (κ1) is 15.8. The van der Waals surface area contributed by atoms with Crippen LogP contribution in [0.4, 0.5) is 0 Å². The van der Waals surface area contributed by atoms with Gasteiger partial charge in [-0.3, -0.25) is 4.79 Å². The number of hydrogen-bond acceptors (Lipinski definition) is 1. The summed E-state index contributed by atoms with van der Waals surface area (Å²) in [7, 11) is 0. The van der Waals surface area contributed by atoms with Gasteiger partial charge in [-0.1, -0.05) is 65.3 Å². The average Bonchev–Trinajstić information content (AvgIpc) is 2.48. The average molecular weight is 346 g/mol. The van der Waals surface area contributed by atoms with Gasteiger partial charge in [-0.05, 0) is 36.1 Å². The van der Waals surface area contributed by atoms with Crippen molar-refractivity contribution >= 4 is 21.8 Å². The number of carbonyl (C=O) groups is 1. The SMILES string of the molecule is C[C@H](NC(=O)C[C@H](C)c1ccccc1)c1ccc(Br)cc1. The van der Waals surface area contributed by atoms with Crippen LogP contribution in [0.2, 0.25) is 0 Å². The van der Waals surface area contributed by atoms with E-state index >= 15 is 0 Å². The van der Waals surface area contributed by atoms with Crippen LogP contribution in [0.5, 0.6) is 0 Å². The monoisotopic (exact) mass is 345 g/mol. The van der Waals surface area contributed by atoms with E-state index in [-0.39, 0.29) is 17.9 Å². The molecule has 110 valence electrons. The predicted octanol–water partition coefficient (Wildman–Crippen LogP) is 4.82. The van der Waals surface area contributed by atoms with E-state index < -0.39 is 0 Å². The molecular weight excluding hydrogens is 326 g/mol. The van der Waals surface area contributed by atoms with Crippen LogP contribution < -0.4 is 5.32 Å². The molecule has 0 saturated carbocycles. The summed E-state index contributed by atoms with van der Waals surface area (Å²) < 4.78 is 1.04. The number of halogens is 1. The number of carbonyl (C=O) groups excluding carboxylic acids is 1. The Morgan fingerprint density at radius 1 is 1.00 bits per heavy atom. The molecule has 0 saturated heterocycles. The predicted molar refractivity (Wildman–Crippen MR) is 90.2 cm³/mol. The Hall–Kier alpha value is -1.61. The highest BCUT2D eigenvalue weighted by molar-refractivity contribution is 9.10. The number of amides is 1. The minimum absolute atomic E-state index is 0.0218. The first-order chi connectivity index (χ1) is 10.1. The molecule has 21 heavy (non-hydrogen) atoms. The first-order valence-corrected chi connectivity index (χ1v) is 7.95. The maximum atomic E-state index is 12.2. The molecule has 2 atom stereocenters. The summed E-state index contributed by atoms with van der Waals surface area (Å²) in [4.78, 5) is 12.2. The molecule has 2 rings (SSSR count). The fourth-order valence-electron chi connectivity index (χ4n) is 2.31. The summed E-state index contributed by atoms with van der Waals surface area (Å²) in [5, 5.41) is 3.06. The highest BCUT2D eigenvalue weighted by atomic mass is 79.9. The molecule has 0 heterocycles. The van der Waals surface area contributed by atoms with E-state index in [4.69, 9.17) is 0 Å². The lowest BCUT2D eigenvalue weighted by atomic mass is 9.97. The van der Waals surface area contributed by atoms with Crippen LogP contribution >= 0.6 is 15.9 Å². The Kier molecular flexibility index (Phi) is 5.57. The van der Waals surface area contributed by atoms with E-state index in [2.05, 4.69) is 40.3 Å². The van der Waals surface area contributed by atoms with Gasteiger partial charge in [0.1, 0.15) is 0 Å². The molecule has 0 aliphatic carbocycles. The van der Waals surface area contributed by atoms with Crippen molar-refractivity contribution in [1.29, 1.82) is 0 Å². The second-order valence-corrected chi connectivity index (χ2v) is 6.27. The molecule has 0 radical (unpaired) electrons. The lowest BCUT2D eigenvalue weighted by Crippen LogP contribution is -2.27. The fraction of sp³-hybridized carbons (Fsp3) is 0.278. The van der Waals surface area contributed by atoms with Gasteiger partial charge in [0.15, 0.2) is 0 Å². The number of benzene rings is 2. The molecule has 1 N–H and O–H groups in total. The molecule has 0 aromatic heterocycles. The highest BCUT2D eigenvalue weighted by Crippen LogP contribution is 2.20. The standard InChI is InChI=1S/C18H20BrNO/c1-13(15-6-4-3-5-7-15)12-18(21)20-14(2)16-8-10-17(19)11-9-16/h3-11,13-14H,12H2,1-2H3,(H,20,21)/t13-,14-/m0/s1. The van der Waals surface area contributed by atoms with Crippen molar-refractivity contribution in [2.24, 2.45) is 0 Å². The molecule has 3 heteroatoms. The summed E-state index contributed by atoms with van der Waals surface area (Å²) in [6.45, 7) is 4.09. The Morgan fingerprint density at radius 3 is 2.24 bits per heavy atom. The Labute approximate surface area is 134 Å². The van der Waals surface area contributed by atoms with Crippen molar-refractivity contribution in [1.82, 2.24) is 5.32 Å².